The molecule has 3 aromatic heterocycles. The molecule has 0 aliphatic heterocycles. The van der Waals surface area contributed by atoms with E-state index in [4.69, 9.17) is 0 Å². The number of hydrazone groups is 1. The van der Waals surface area contributed by atoms with Crippen LogP contribution in [0.4, 0.5) is 11.5 Å². The van der Waals surface area contributed by atoms with Crippen molar-refractivity contribution in [1.82, 2.24) is 9.55 Å². The molecule has 0 saturated heterocycles. The summed E-state index contributed by atoms with van der Waals surface area (Å²) in [7, 11) is 0. The Hall–Kier alpha value is -3.51. The highest BCUT2D eigenvalue weighted by Gasteiger charge is 2.18. The van der Waals surface area contributed by atoms with Crippen LogP contribution in [0.3, 0.4) is 0 Å². The lowest BCUT2D eigenvalue weighted by Crippen LogP contribution is -2.00. The molecule has 28 heavy (non-hydrogen) atoms. The maximum absolute atomic E-state index is 10.7. The first-order valence-electron chi connectivity index (χ1n) is 8.42. The monoisotopic (exact) mass is 394 g/mol. The molecule has 0 radical (unpaired) electrons. The lowest BCUT2D eigenvalue weighted by Gasteiger charge is -2.07. The molecule has 3 heterocycles. The summed E-state index contributed by atoms with van der Waals surface area (Å²) >= 11 is 1.60. The molecule has 8 nitrogen and oxygen atoms in total. The van der Waals surface area contributed by atoms with Gasteiger partial charge in [-0.25, -0.2) is 4.98 Å². The molecule has 0 atom stereocenters. The van der Waals surface area contributed by atoms with Crippen LogP contribution in [0.2, 0.25) is 0 Å². The molecule has 0 aliphatic carbocycles. The van der Waals surface area contributed by atoms with Crippen molar-refractivity contribution >= 4 is 29.1 Å². The highest BCUT2D eigenvalue weighted by Crippen LogP contribution is 2.33. The Kier molecular flexibility index (Phi) is 5.24. The Bertz CT molecular complexity index is 1120. The average Bonchev–Trinajstić information content (AvgIpc) is 3.10. The molecular weight excluding hydrogens is 376 g/mol. The van der Waals surface area contributed by atoms with Gasteiger partial charge in [0.25, 0.3) is 5.69 Å². The number of nitriles is 1. The van der Waals surface area contributed by atoms with Gasteiger partial charge in [0, 0.05) is 27.9 Å². The number of hydrogen-bond donors (Lipinski definition) is 1. The van der Waals surface area contributed by atoms with Crippen LogP contribution < -0.4 is 5.43 Å². The fourth-order valence-electron chi connectivity index (χ4n) is 2.86. The van der Waals surface area contributed by atoms with Crippen molar-refractivity contribution < 1.29 is 4.92 Å². The second kappa shape index (κ2) is 7.62. The third-order valence-corrected chi connectivity index (χ3v) is 5.69. The van der Waals surface area contributed by atoms with E-state index in [9.17, 15) is 15.4 Å². The van der Waals surface area contributed by atoms with Crippen LogP contribution in [-0.4, -0.2) is 20.7 Å². The topological polar surface area (TPSA) is 109 Å². The predicted molar refractivity (Wildman–Crippen MR) is 109 cm³/mol. The van der Waals surface area contributed by atoms with Crippen LogP contribution in [0.5, 0.6) is 0 Å². The van der Waals surface area contributed by atoms with Gasteiger partial charge in [-0.15, -0.1) is 11.3 Å². The Morgan fingerprint density at radius 1 is 1.36 bits per heavy atom. The molecule has 9 heteroatoms. The smallest absolute Gasteiger partial charge is 0.287 e. The van der Waals surface area contributed by atoms with E-state index < -0.39 is 4.92 Å². The fourth-order valence-corrected chi connectivity index (χ4v) is 4.08. The summed E-state index contributed by atoms with van der Waals surface area (Å²) in [5.74, 6) is 0.409. The zero-order chi connectivity index (χ0) is 20.4. The van der Waals surface area contributed by atoms with Gasteiger partial charge in [0.2, 0.25) is 0 Å². The largest absolute Gasteiger partial charge is 0.308 e. The number of aromatic nitrogens is 2. The van der Waals surface area contributed by atoms with Crippen molar-refractivity contribution in [2.75, 3.05) is 5.43 Å². The third kappa shape index (κ3) is 3.50. The third-order valence-electron chi connectivity index (χ3n) is 4.49. The highest BCUT2D eigenvalue weighted by atomic mass is 32.1. The number of nitro groups is 1. The molecule has 1 N–H and O–H groups in total. The summed E-state index contributed by atoms with van der Waals surface area (Å²) in [4.78, 5) is 15.2. The van der Waals surface area contributed by atoms with E-state index >= 15 is 0 Å². The highest BCUT2D eigenvalue weighted by molar-refractivity contribution is 7.14. The van der Waals surface area contributed by atoms with Gasteiger partial charge in [-0.3, -0.25) is 15.5 Å². The summed E-state index contributed by atoms with van der Waals surface area (Å²) in [6.07, 6.45) is 2.84. The van der Waals surface area contributed by atoms with E-state index in [2.05, 4.69) is 26.1 Å². The number of nitrogens with zero attached hydrogens (tertiary/aromatic N) is 5. The number of aryl methyl sites for hydroxylation is 2. The van der Waals surface area contributed by atoms with Crippen molar-refractivity contribution in [3.8, 4) is 11.1 Å². The molecule has 0 spiro atoms. The summed E-state index contributed by atoms with van der Waals surface area (Å²) < 4.78 is 2.06. The van der Waals surface area contributed by atoms with Gasteiger partial charge in [0.1, 0.15) is 23.1 Å². The van der Waals surface area contributed by atoms with E-state index in [1.54, 1.807) is 17.6 Å². The number of thiophene rings is 1. The molecule has 0 aromatic carbocycles. The molecule has 3 rings (SSSR count). The van der Waals surface area contributed by atoms with E-state index in [1.165, 1.54) is 18.3 Å². The molecule has 0 bridgehead atoms. The second-order valence-electron chi connectivity index (χ2n) is 6.27. The van der Waals surface area contributed by atoms with Gasteiger partial charge in [-0.2, -0.15) is 10.4 Å². The van der Waals surface area contributed by atoms with E-state index in [-0.39, 0.29) is 5.69 Å². The van der Waals surface area contributed by atoms with Crippen molar-refractivity contribution in [3.05, 3.63) is 67.5 Å². The first-order chi connectivity index (χ1) is 13.3. The Labute approximate surface area is 165 Å². The lowest BCUT2D eigenvalue weighted by molar-refractivity contribution is -0.385. The molecule has 0 saturated carbocycles. The Morgan fingerprint density at radius 2 is 2.11 bits per heavy atom. The number of pyridine rings is 1. The number of nitrogens with one attached hydrogen (secondary N) is 1. The van der Waals surface area contributed by atoms with Gasteiger partial charge >= 0.3 is 0 Å². The minimum Gasteiger partial charge on any atom is -0.308 e. The van der Waals surface area contributed by atoms with Crippen LogP contribution in [0.15, 0.2) is 29.5 Å². The summed E-state index contributed by atoms with van der Waals surface area (Å²) in [6.45, 7) is 7.94. The standard InChI is InChI=1S/C19H18N6O2S/c1-11-7-15(9-22-23-18-6-5-16(10-21-18)25(26)27)13(3)24(11)19-17(8-20)12(2)14(4)28-19/h5-7,9-10H,1-4H3,(H,21,23)/b22-9+. The summed E-state index contributed by atoms with van der Waals surface area (Å²) in [5, 5.41) is 25.3. The molecule has 0 fully saturated rings. The predicted octanol–water partition coefficient (Wildman–Crippen LogP) is 4.39. The molecule has 0 amide bonds. The first kappa shape index (κ1) is 19.3. The van der Waals surface area contributed by atoms with Crippen molar-refractivity contribution in [3.63, 3.8) is 0 Å². The summed E-state index contributed by atoms with van der Waals surface area (Å²) in [5.41, 5.74) is 7.27. The van der Waals surface area contributed by atoms with Crippen molar-refractivity contribution in [1.29, 1.82) is 5.26 Å². The van der Waals surface area contributed by atoms with Gasteiger partial charge in [0.15, 0.2) is 0 Å². The van der Waals surface area contributed by atoms with Gasteiger partial charge in [-0.05, 0) is 45.4 Å². The lowest BCUT2D eigenvalue weighted by atomic mass is 10.2. The second-order valence-corrected chi connectivity index (χ2v) is 7.47. The van der Waals surface area contributed by atoms with Gasteiger partial charge in [-0.1, -0.05) is 0 Å². The number of hydrogen-bond acceptors (Lipinski definition) is 7. The minimum absolute atomic E-state index is 0.0760. The van der Waals surface area contributed by atoms with Gasteiger partial charge < -0.3 is 4.57 Å². The van der Waals surface area contributed by atoms with Crippen LogP contribution in [0, 0.1) is 49.1 Å². The Morgan fingerprint density at radius 3 is 2.71 bits per heavy atom. The quantitative estimate of drug-likeness (QED) is 0.392. The molecule has 142 valence electrons. The normalized spacial score (nSPS) is 11.0. The zero-order valence-corrected chi connectivity index (χ0v) is 16.7. The molecular formula is C19H18N6O2S. The minimum atomic E-state index is -0.502. The van der Waals surface area contributed by atoms with Crippen LogP contribution in [0.1, 0.15) is 33.0 Å². The van der Waals surface area contributed by atoms with E-state index in [0.29, 0.717) is 11.4 Å². The van der Waals surface area contributed by atoms with Crippen LogP contribution in [-0.2, 0) is 0 Å². The SMILES string of the molecule is Cc1sc(-n2c(C)cc(/C=N/Nc3ccc([N+](=O)[O-])cn3)c2C)c(C#N)c1C. The molecule has 0 unspecified atom stereocenters. The average molecular weight is 394 g/mol. The van der Waals surface area contributed by atoms with Gasteiger partial charge in [0.05, 0.1) is 16.7 Å². The van der Waals surface area contributed by atoms with Crippen LogP contribution in [0.25, 0.3) is 5.00 Å². The maximum Gasteiger partial charge on any atom is 0.287 e. The van der Waals surface area contributed by atoms with E-state index in [0.717, 1.165) is 32.4 Å². The maximum atomic E-state index is 10.7. The molecule has 0 aliphatic rings. The molecule has 3 aromatic rings. The van der Waals surface area contributed by atoms with Crippen molar-refractivity contribution in [2.24, 2.45) is 5.10 Å². The van der Waals surface area contributed by atoms with Crippen molar-refractivity contribution in [2.45, 2.75) is 27.7 Å². The van der Waals surface area contributed by atoms with Crippen LogP contribution >= 0.6 is 11.3 Å². The fraction of sp³-hybridized carbons (Fsp3) is 0.211. The number of anilines is 1. The summed E-state index contributed by atoms with van der Waals surface area (Å²) in [6, 6.07) is 7.16. The zero-order valence-electron chi connectivity index (χ0n) is 15.8. The number of rotatable bonds is 5. The Balaban J connectivity index is 1.86. The first-order valence-corrected chi connectivity index (χ1v) is 9.24. The van der Waals surface area contributed by atoms with E-state index in [1.807, 2.05) is 33.8 Å².